The van der Waals surface area contributed by atoms with Gasteiger partial charge < -0.3 is 44.1 Å². The van der Waals surface area contributed by atoms with Gasteiger partial charge in [0.1, 0.15) is 11.5 Å². The zero-order chi connectivity index (χ0) is 26.7. The summed E-state index contributed by atoms with van der Waals surface area (Å²) >= 11 is 0. The number of hydrogen-bond acceptors (Lipinski definition) is 4. The molecule has 2 unspecified atom stereocenters. The predicted molar refractivity (Wildman–Crippen MR) is 150 cm³/mol. The fourth-order valence-electron chi connectivity index (χ4n) is 6.24. The number of ether oxygens (including phenoxy) is 2. The SMILES string of the molecule is COc1ccc(C(=O)C(CCC(C[NH+]2CCCCC2)C(=O)c2ccc(OC)cc2)C[NH+]2CCCCC2)cc1.[Cl-].[Cl-]. The van der Waals surface area contributed by atoms with E-state index >= 15 is 0 Å². The number of carbonyl (C=O) groups excluding carboxylic acids is 2. The van der Waals surface area contributed by atoms with Crippen molar-refractivity contribution in [3.63, 3.8) is 0 Å². The van der Waals surface area contributed by atoms with Gasteiger partial charge in [-0.1, -0.05) is 0 Å². The number of Topliss-reactive ketones (excluding diaryl/α,β-unsaturated/α-hetero) is 2. The summed E-state index contributed by atoms with van der Waals surface area (Å²) in [5.74, 6) is 1.75. The van der Waals surface area contributed by atoms with Crippen molar-refractivity contribution in [3.8, 4) is 11.5 Å². The molecule has 2 heterocycles. The van der Waals surface area contributed by atoms with E-state index in [0.29, 0.717) is 0 Å². The van der Waals surface area contributed by atoms with Crippen LogP contribution in [0.25, 0.3) is 0 Å². The van der Waals surface area contributed by atoms with Gasteiger partial charge in [-0.05, 0) is 99.9 Å². The zero-order valence-electron chi connectivity index (χ0n) is 24.1. The Balaban J connectivity index is 0.00000280. The third kappa shape index (κ3) is 9.76. The van der Waals surface area contributed by atoms with Crippen LogP contribution in [0.1, 0.15) is 72.1 Å². The van der Waals surface area contributed by atoms with Crippen LogP contribution in [0.2, 0.25) is 0 Å². The Morgan fingerprint density at radius 1 is 0.600 bits per heavy atom. The Morgan fingerprint density at radius 3 is 1.23 bits per heavy atom. The van der Waals surface area contributed by atoms with Gasteiger partial charge in [0.2, 0.25) is 0 Å². The van der Waals surface area contributed by atoms with Gasteiger partial charge in [-0.15, -0.1) is 0 Å². The first-order chi connectivity index (χ1) is 18.6. The Kier molecular flexibility index (Phi) is 15.0. The van der Waals surface area contributed by atoms with Gasteiger partial charge in [-0.2, -0.15) is 0 Å². The molecule has 2 aromatic carbocycles. The molecular formula is C32H46Cl2N2O4. The van der Waals surface area contributed by atoms with Gasteiger partial charge in [0.05, 0.1) is 65.3 Å². The number of hydrogen-bond donors (Lipinski definition) is 2. The second-order valence-electron chi connectivity index (χ2n) is 11.2. The van der Waals surface area contributed by atoms with Crippen molar-refractivity contribution < 1.29 is 53.7 Å². The van der Waals surface area contributed by atoms with Crippen molar-refractivity contribution in [2.24, 2.45) is 11.8 Å². The van der Waals surface area contributed by atoms with E-state index in [-0.39, 0.29) is 48.2 Å². The Labute approximate surface area is 252 Å². The van der Waals surface area contributed by atoms with Crippen LogP contribution >= 0.6 is 0 Å². The lowest BCUT2D eigenvalue weighted by Gasteiger charge is -2.29. The molecule has 0 saturated carbocycles. The fraction of sp³-hybridized carbons (Fsp3) is 0.562. The van der Waals surface area contributed by atoms with E-state index in [1.807, 2.05) is 48.5 Å². The Morgan fingerprint density at radius 2 is 0.925 bits per heavy atom. The van der Waals surface area contributed by atoms with Gasteiger partial charge in [0, 0.05) is 11.1 Å². The smallest absolute Gasteiger partial charge is 0.171 e. The number of carbonyl (C=O) groups is 2. The summed E-state index contributed by atoms with van der Waals surface area (Å²) in [6, 6.07) is 15.0. The highest BCUT2D eigenvalue weighted by atomic mass is 35.5. The molecule has 2 aromatic rings. The van der Waals surface area contributed by atoms with Gasteiger partial charge in [-0.3, -0.25) is 9.59 Å². The minimum absolute atomic E-state index is 0. The average molecular weight is 594 g/mol. The molecule has 222 valence electrons. The number of halogens is 2. The van der Waals surface area contributed by atoms with Crippen LogP contribution in [0.15, 0.2) is 48.5 Å². The van der Waals surface area contributed by atoms with E-state index in [1.165, 1.54) is 48.3 Å². The molecule has 2 fully saturated rings. The molecule has 2 atom stereocenters. The minimum atomic E-state index is -0.0842. The second-order valence-corrected chi connectivity index (χ2v) is 11.2. The molecule has 0 bridgehead atoms. The summed E-state index contributed by atoms with van der Waals surface area (Å²) in [6.07, 6.45) is 8.99. The highest BCUT2D eigenvalue weighted by molar-refractivity contribution is 5.99. The van der Waals surface area contributed by atoms with E-state index in [9.17, 15) is 9.59 Å². The number of rotatable bonds is 13. The number of ketones is 2. The molecule has 4 rings (SSSR count). The predicted octanol–water partition coefficient (Wildman–Crippen LogP) is -3.07. The van der Waals surface area contributed by atoms with Crippen LogP contribution < -0.4 is 44.1 Å². The number of methoxy groups -OCH3 is 2. The van der Waals surface area contributed by atoms with Crippen molar-refractivity contribution in [2.45, 2.75) is 51.4 Å². The summed E-state index contributed by atoms with van der Waals surface area (Å²) in [7, 11) is 3.29. The fourth-order valence-corrected chi connectivity index (χ4v) is 6.24. The monoisotopic (exact) mass is 592 g/mol. The minimum Gasteiger partial charge on any atom is -1.00 e. The first-order valence-electron chi connectivity index (χ1n) is 14.6. The van der Waals surface area contributed by atoms with Crippen LogP contribution in [0.4, 0.5) is 0 Å². The first-order valence-corrected chi connectivity index (χ1v) is 14.6. The molecule has 0 spiro atoms. The standard InChI is InChI=1S/C32H44N2O4.2ClH/c1-37-29-15-11-25(12-16-29)31(35)27(23-33-19-5-3-6-20-33)9-10-28(24-34-21-7-4-8-22-34)32(36)26-13-17-30(38-2)18-14-26;;/h11-18,27-28H,3-10,19-24H2,1-2H3;2*1H. The molecule has 6 nitrogen and oxygen atoms in total. The third-order valence-electron chi connectivity index (χ3n) is 8.55. The highest BCUT2D eigenvalue weighted by Crippen LogP contribution is 2.22. The number of likely N-dealkylation sites (tertiary alicyclic amines) is 2. The number of benzene rings is 2. The topological polar surface area (TPSA) is 61.5 Å². The van der Waals surface area contributed by atoms with E-state index in [1.54, 1.807) is 14.2 Å². The molecule has 8 heteroatoms. The zero-order valence-corrected chi connectivity index (χ0v) is 25.6. The molecule has 2 aliphatic rings. The van der Waals surface area contributed by atoms with E-state index in [4.69, 9.17) is 9.47 Å². The molecule has 0 aromatic heterocycles. The van der Waals surface area contributed by atoms with E-state index in [2.05, 4.69) is 0 Å². The Bertz CT molecular complexity index is 937. The maximum Gasteiger partial charge on any atom is 0.171 e. The van der Waals surface area contributed by atoms with Crippen molar-refractivity contribution in [1.29, 1.82) is 0 Å². The quantitative estimate of drug-likeness (QED) is 0.242. The first kappa shape index (κ1) is 34.1. The van der Waals surface area contributed by atoms with Gasteiger partial charge >= 0.3 is 0 Å². The van der Waals surface area contributed by atoms with E-state index in [0.717, 1.165) is 74.7 Å². The molecule has 0 aliphatic carbocycles. The maximum absolute atomic E-state index is 13.8. The molecule has 2 saturated heterocycles. The van der Waals surface area contributed by atoms with Crippen LogP contribution in [0, 0.1) is 11.8 Å². The summed E-state index contributed by atoms with van der Waals surface area (Å²) < 4.78 is 10.6. The number of piperidine rings is 2. The van der Waals surface area contributed by atoms with Crippen LogP contribution in [-0.4, -0.2) is 65.1 Å². The summed E-state index contributed by atoms with van der Waals surface area (Å²) in [4.78, 5) is 30.6. The van der Waals surface area contributed by atoms with Crippen molar-refractivity contribution in [1.82, 2.24) is 0 Å². The lowest BCUT2D eigenvalue weighted by atomic mass is 9.85. The number of nitrogens with one attached hydrogen (secondary N) is 2. The second kappa shape index (κ2) is 17.6. The molecule has 0 amide bonds. The summed E-state index contributed by atoms with van der Waals surface area (Å²) in [5, 5.41) is 0. The maximum atomic E-state index is 13.8. The van der Waals surface area contributed by atoms with Crippen molar-refractivity contribution in [3.05, 3.63) is 59.7 Å². The average Bonchev–Trinajstić information content (AvgIpc) is 2.99. The van der Waals surface area contributed by atoms with Crippen LogP contribution in [0.5, 0.6) is 11.5 Å². The normalized spacial score (nSPS) is 17.6. The molecule has 2 aliphatic heterocycles. The molecular weight excluding hydrogens is 547 g/mol. The van der Waals surface area contributed by atoms with Crippen molar-refractivity contribution >= 4 is 11.6 Å². The van der Waals surface area contributed by atoms with Crippen LogP contribution in [0.3, 0.4) is 0 Å². The highest BCUT2D eigenvalue weighted by Gasteiger charge is 2.31. The summed E-state index contributed by atoms with van der Waals surface area (Å²) in [6.45, 7) is 6.25. The lowest BCUT2D eigenvalue weighted by Crippen LogP contribution is -3.13. The largest absolute Gasteiger partial charge is 1.00 e. The summed E-state index contributed by atoms with van der Waals surface area (Å²) in [5.41, 5.74) is 1.48. The van der Waals surface area contributed by atoms with Crippen LogP contribution in [-0.2, 0) is 0 Å². The molecule has 2 N–H and O–H groups in total. The molecule has 0 radical (unpaired) electrons. The van der Waals surface area contributed by atoms with E-state index < -0.39 is 0 Å². The van der Waals surface area contributed by atoms with Gasteiger partial charge in [-0.25, -0.2) is 0 Å². The van der Waals surface area contributed by atoms with Gasteiger partial charge in [0.25, 0.3) is 0 Å². The third-order valence-corrected chi connectivity index (χ3v) is 8.55. The lowest BCUT2D eigenvalue weighted by molar-refractivity contribution is -0.908. The van der Waals surface area contributed by atoms with Gasteiger partial charge in [0.15, 0.2) is 11.6 Å². The molecule has 40 heavy (non-hydrogen) atoms. The Hall–Kier alpha value is -2.12. The van der Waals surface area contributed by atoms with Crippen molar-refractivity contribution in [2.75, 3.05) is 53.5 Å². The number of quaternary nitrogens is 2.